The maximum Gasteiger partial charge on any atom is 0.287 e. The number of aryl methyl sites for hydroxylation is 1. The van der Waals surface area contributed by atoms with Crippen LogP contribution < -0.4 is 5.73 Å². The Bertz CT molecular complexity index is 526. The third-order valence-electron chi connectivity index (χ3n) is 3.95. The molecule has 0 spiro atoms. The molecule has 1 fully saturated rings. The number of likely N-dealkylation sites (tertiary alicyclic amines) is 1. The largest absolute Gasteiger partial charge is 0.340 e. The van der Waals surface area contributed by atoms with Crippen molar-refractivity contribution in [3.63, 3.8) is 0 Å². The number of hydrogen-bond donors (Lipinski definition) is 1. The number of rotatable bonds is 3. The minimum atomic E-state index is -0.489. The Hall–Kier alpha value is -1.89. The van der Waals surface area contributed by atoms with Gasteiger partial charge in [-0.1, -0.05) is 0 Å². The predicted molar refractivity (Wildman–Crippen MR) is 74.4 cm³/mol. The number of nitro groups is 1. The summed E-state index contributed by atoms with van der Waals surface area (Å²) in [5.74, 6) is -0.178. The monoisotopic (exact) mass is 280 g/mol. The van der Waals surface area contributed by atoms with E-state index in [-0.39, 0.29) is 23.7 Å². The predicted octanol–water partition coefficient (Wildman–Crippen LogP) is 1.28. The fourth-order valence-corrected chi connectivity index (χ4v) is 2.88. The van der Waals surface area contributed by atoms with E-state index in [2.05, 4.69) is 0 Å². The summed E-state index contributed by atoms with van der Waals surface area (Å²) < 4.78 is 1.51. The van der Waals surface area contributed by atoms with E-state index in [4.69, 9.17) is 5.73 Å². The second-order valence-corrected chi connectivity index (χ2v) is 5.33. The summed E-state index contributed by atoms with van der Waals surface area (Å²) in [6.45, 7) is 2.42. The van der Waals surface area contributed by atoms with E-state index in [0.717, 1.165) is 19.3 Å². The first-order chi connectivity index (χ1) is 9.45. The van der Waals surface area contributed by atoms with E-state index >= 15 is 0 Å². The van der Waals surface area contributed by atoms with Crippen LogP contribution in [0.5, 0.6) is 0 Å². The second-order valence-electron chi connectivity index (χ2n) is 5.33. The SMILES string of the molecule is CC1CCCC(CN)N1C(=O)c1cc([N+](=O)[O-])cn1C. The molecular formula is C13H20N4O3. The van der Waals surface area contributed by atoms with Crippen molar-refractivity contribution in [3.05, 3.63) is 28.1 Å². The van der Waals surface area contributed by atoms with Crippen molar-refractivity contribution in [2.24, 2.45) is 12.8 Å². The fraction of sp³-hybridized carbons (Fsp3) is 0.615. The zero-order chi connectivity index (χ0) is 14.9. The van der Waals surface area contributed by atoms with E-state index in [9.17, 15) is 14.9 Å². The zero-order valence-corrected chi connectivity index (χ0v) is 11.8. The quantitative estimate of drug-likeness (QED) is 0.666. The third-order valence-corrected chi connectivity index (χ3v) is 3.95. The highest BCUT2D eigenvalue weighted by Gasteiger charge is 2.33. The highest BCUT2D eigenvalue weighted by Crippen LogP contribution is 2.26. The van der Waals surface area contributed by atoms with Gasteiger partial charge in [-0.2, -0.15) is 0 Å². The molecule has 1 aliphatic heterocycles. The van der Waals surface area contributed by atoms with Crippen LogP contribution in [0.2, 0.25) is 0 Å². The van der Waals surface area contributed by atoms with Crippen molar-refractivity contribution < 1.29 is 9.72 Å². The molecule has 0 saturated carbocycles. The van der Waals surface area contributed by atoms with Crippen molar-refractivity contribution in [3.8, 4) is 0 Å². The molecule has 7 nitrogen and oxygen atoms in total. The number of carbonyl (C=O) groups excluding carboxylic acids is 1. The topological polar surface area (TPSA) is 94.4 Å². The highest BCUT2D eigenvalue weighted by atomic mass is 16.6. The second kappa shape index (κ2) is 5.62. The number of hydrogen-bond acceptors (Lipinski definition) is 4. The lowest BCUT2D eigenvalue weighted by Crippen LogP contribution is -2.52. The summed E-state index contributed by atoms with van der Waals surface area (Å²) in [5.41, 5.74) is 6.03. The molecule has 1 aliphatic rings. The van der Waals surface area contributed by atoms with Gasteiger partial charge in [-0.3, -0.25) is 14.9 Å². The van der Waals surface area contributed by atoms with Crippen LogP contribution in [0.1, 0.15) is 36.7 Å². The van der Waals surface area contributed by atoms with Gasteiger partial charge in [0.1, 0.15) is 5.69 Å². The molecule has 2 rings (SSSR count). The highest BCUT2D eigenvalue weighted by molar-refractivity contribution is 5.94. The average Bonchev–Trinajstić information content (AvgIpc) is 2.80. The summed E-state index contributed by atoms with van der Waals surface area (Å²) in [4.78, 5) is 24.8. The maximum absolute atomic E-state index is 12.7. The van der Waals surface area contributed by atoms with Gasteiger partial charge in [0.05, 0.1) is 11.1 Å². The van der Waals surface area contributed by atoms with Gasteiger partial charge >= 0.3 is 0 Å². The normalized spacial score (nSPS) is 22.9. The molecule has 0 aromatic carbocycles. The van der Waals surface area contributed by atoms with E-state index in [1.807, 2.05) is 6.92 Å². The van der Waals surface area contributed by atoms with Crippen molar-refractivity contribution in [1.82, 2.24) is 9.47 Å². The Morgan fingerprint density at radius 3 is 2.80 bits per heavy atom. The maximum atomic E-state index is 12.7. The van der Waals surface area contributed by atoms with Crippen LogP contribution in [0, 0.1) is 10.1 Å². The number of amides is 1. The Labute approximate surface area is 117 Å². The smallest absolute Gasteiger partial charge is 0.287 e. The summed E-state index contributed by atoms with van der Waals surface area (Å²) in [6, 6.07) is 1.45. The lowest BCUT2D eigenvalue weighted by molar-refractivity contribution is -0.384. The van der Waals surface area contributed by atoms with Gasteiger partial charge in [-0.15, -0.1) is 0 Å². The van der Waals surface area contributed by atoms with E-state index in [0.29, 0.717) is 12.2 Å². The molecule has 0 aliphatic carbocycles. The Morgan fingerprint density at radius 2 is 2.25 bits per heavy atom. The lowest BCUT2D eigenvalue weighted by Gasteiger charge is -2.40. The van der Waals surface area contributed by atoms with Crippen LogP contribution in [0.15, 0.2) is 12.3 Å². The van der Waals surface area contributed by atoms with E-state index in [1.54, 1.807) is 11.9 Å². The molecule has 2 N–H and O–H groups in total. The van der Waals surface area contributed by atoms with Gasteiger partial charge in [-0.05, 0) is 26.2 Å². The van der Waals surface area contributed by atoms with Crippen LogP contribution in [0.4, 0.5) is 5.69 Å². The molecule has 2 unspecified atom stereocenters. The Morgan fingerprint density at radius 1 is 1.55 bits per heavy atom. The summed E-state index contributed by atoms with van der Waals surface area (Å²) >= 11 is 0. The van der Waals surface area contributed by atoms with Gasteiger partial charge < -0.3 is 15.2 Å². The van der Waals surface area contributed by atoms with Gasteiger partial charge in [0, 0.05) is 31.7 Å². The van der Waals surface area contributed by atoms with Crippen molar-refractivity contribution in [2.75, 3.05) is 6.54 Å². The van der Waals surface area contributed by atoms with Crippen molar-refractivity contribution in [1.29, 1.82) is 0 Å². The number of aromatic nitrogens is 1. The number of piperidine rings is 1. The molecule has 1 amide bonds. The summed E-state index contributed by atoms with van der Waals surface area (Å²) in [6.07, 6.45) is 4.24. The van der Waals surface area contributed by atoms with Crippen LogP contribution in [-0.4, -0.2) is 38.9 Å². The lowest BCUT2D eigenvalue weighted by atomic mass is 9.96. The van der Waals surface area contributed by atoms with Crippen molar-refractivity contribution in [2.45, 2.75) is 38.3 Å². The van der Waals surface area contributed by atoms with Crippen LogP contribution in [0.25, 0.3) is 0 Å². The van der Waals surface area contributed by atoms with Crippen LogP contribution in [-0.2, 0) is 7.05 Å². The van der Waals surface area contributed by atoms with Gasteiger partial charge in [0.25, 0.3) is 11.6 Å². The molecule has 2 atom stereocenters. The number of nitrogens with two attached hydrogens (primary N) is 1. The fourth-order valence-electron chi connectivity index (χ4n) is 2.88. The van der Waals surface area contributed by atoms with E-state index < -0.39 is 4.92 Å². The van der Waals surface area contributed by atoms with Crippen molar-refractivity contribution >= 4 is 11.6 Å². The molecule has 2 heterocycles. The first kappa shape index (κ1) is 14.5. The van der Waals surface area contributed by atoms with E-state index in [1.165, 1.54) is 16.8 Å². The van der Waals surface area contributed by atoms with Gasteiger partial charge in [0.2, 0.25) is 0 Å². The zero-order valence-electron chi connectivity index (χ0n) is 11.8. The standard InChI is InChI=1S/C13H20N4O3/c1-9-4-3-5-10(7-14)16(9)13(18)12-6-11(17(19)20)8-15(12)2/h6,8-10H,3-5,7,14H2,1-2H3. The van der Waals surface area contributed by atoms with Crippen LogP contribution >= 0.6 is 0 Å². The molecule has 0 radical (unpaired) electrons. The summed E-state index contributed by atoms with van der Waals surface area (Å²) in [5, 5.41) is 10.8. The number of nitrogens with zero attached hydrogens (tertiary/aromatic N) is 3. The third kappa shape index (κ3) is 2.53. The molecule has 1 aromatic heterocycles. The average molecular weight is 280 g/mol. The Balaban J connectivity index is 2.31. The first-order valence-electron chi connectivity index (χ1n) is 6.79. The molecule has 0 bridgehead atoms. The molecule has 20 heavy (non-hydrogen) atoms. The molecule has 1 saturated heterocycles. The van der Waals surface area contributed by atoms with Crippen LogP contribution in [0.3, 0.4) is 0 Å². The Kier molecular flexibility index (Phi) is 4.08. The summed E-state index contributed by atoms with van der Waals surface area (Å²) in [7, 11) is 1.65. The van der Waals surface area contributed by atoms with Gasteiger partial charge in [-0.25, -0.2) is 0 Å². The molecular weight excluding hydrogens is 260 g/mol. The minimum Gasteiger partial charge on any atom is -0.340 e. The number of carbonyl (C=O) groups is 1. The molecule has 1 aromatic rings. The molecule has 7 heteroatoms. The van der Waals surface area contributed by atoms with Gasteiger partial charge in [0.15, 0.2) is 0 Å². The minimum absolute atomic E-state index is 0.0141. The molecule has 110 valence electrons. The first-order valence-corrected chi connectivity index (χ1v) is 6.79.